The van der Waals surface area contributed by atoms with E-state index < -0.39 is 17.7 Å². The van der Waals surface area contributed by atoms with Crippen molar-refractivity contribution in [2.75, 3.05) is 12.4 Å². The summed E-state index contributed by atoms with van der Waals surface area (Å²) in [7, 11) is 1.46. The first-order valence-corrected chi connectivity index (χ1v) is 6.66. The van der Waals surface area contributed by atoms with Crippen molar-refractivity contribution in [2.45, 2.75) is 6.92 Å². The molecule has 3 aromatic rings. The molecule has 0 unspecified atom stereocenters. The molecular weight excluding hydrogens is 306 g/mol. The lowest BCUT2D eigenvalue weighted by Crippen LogP contribution is -2.25. The van der Waals surface area contributed by atoms with Gasteiger partial charge in [-0.3, -0.25) is 5.32 Å². The Morgan fingerprint density at radius 2 is 1.96 bits per heavy atom. The van der Waals surface area contributed by atoms with Gasteiger partial charge >= 0.3 is 6.03 Å². The molecule has 118 valence electrons. The summed E-state index contributed by atoms with van der Waals surface area (Å²) in [4.78, 5) is 19.9. The van der Waals surface area contributed by atoms with Gasteiger partial charge in [0.1, 0.15) is 11.6 Å². The van der Waals surface area contributed by atoms with Gasteiger partial charge in [-0.25, -0.2) is 23.5 Å². The number of nitrogens with one attached hydrogen (secondary N) is 2. The molecule has 2 aromatic heterocycles. The highest BCUT2D eigenvalue weighted by Gasteiger charge is 2.14. The molecule has 0 saturated heterocycles. The standard InChI is InChI=1S/C14H12F2N6O/c1-7-18-12-6-11(20-14(23)17-2)19-13(22(12)21-7)8-3-4-9(15)10(16)5-8/h3-6H,1-2H3,(H2,17,20,23). The predicted octanol–water partition coefficient (Wildman–Crippen LogP) is 2.13. The molecule has 9 heteroatoms. The molecule has 23 heavy (non-hydrogen) atoms. The van der Waals surface area contributed by atoms with Crippen molar-refractivity contribution in [3.63, 3.8) is 0 Å². The van der Waals surface area contributed by atoms with Gasteiger partial charge < -0.3 is 5.32 Å². The Kier molecular flexibility index (Phi) is 3.61. The topological polar surface area (TPSA) is 84.2 Å². The quantitative estimate of drug-likeness (QED) is 0.758. The summed E-state index contributed by atoms with van der Waals surface area (Å²) in [5.74, 6) is -1.04. The number of anilines is 1. The number of halogens is 2. The van der Waals surface area contributed by atoms with E-state index in [0.29, 0.717) is 17.0 Å². The first-order chi connectivity index (χ1) is 11.0. The number of aryl methyl sites for hydroxylation is 1. The fourth-order valence-corrected chi connectivity index (χ4v) is 2.06. The number of aromatic nitrogens is 4. The third-order valence-electron chi connectivity index (χ3n) is 3.08. The van der Waals surface area contributed by atoms with Crippen LogP contribution < -0.4 is 10.6 Å². The molecule has 2 heterocycles. The van der Waals surface area contributed by atoms with E-state index in [9.17, 15) is 13.6 Å². The summed E-state index contributed by atoms with van der Waals surface area (Å²) in [6, 6.07) is 4.45. The van der Waals surface area contributed by atoms with Gasteiger partial charge in [-0.1, -0.05) is 0 Å². The molecule has 0 atom stereocenters. The predicted molar refractivity (Wildman–Crippen MR) is 78.9 cm³/mol. The fraction of sp³-hybridized carbons (Fsp3) is 0.143. The monoisotopic (exact) mass is 318 g/mol. The maximum atomic E-state index is 13.5. The van der Waals surface area contributed by atoms with Crippen LogP contribution in [0.25, 0.3) is 17.0 Å². The van der Waals surface area contributed by atoms with Gasteiger partial charge in [0.15, 0.2) is 23.1 Å². The zero-order valence-corrected chi connectivity index (χ0v) is 12.3. The summed E-state index contributed by atoms with van der Waals surface area (Å²) in [5.41, 5.74) is 0.725. The average Bonchev–Trinajstić information content (AvgIpc) is 2.89. The minimum Gasteiger partial charge on any atom is -0.341 e. The number of benzene rings is 1. The highest BCUT2D eigenvalue weighted by molar-refractivity contribution is 5.88. The highest BCUT2D eigenvalue weighted by atomic mass is 19.2. The Bertz CT molecular complexity index is 908. The minimum absolute atomic E-state index is 0.212. The Morgan fingerprint density at radius 1 is 1.17 bits per heavy atom. The van der Waals surface area contributed by atoms with Crippen molar-refractivity contribution in [2.24, 2.45) is 0 Å². The summed E-state index contributed by atoms with van der Waals surface area (Å²) in [5, 5.41) is 9.10. The van der Waals surface area contributed by atoms with Gasteiger partial charge in [0, 0.05) is 18.7 Å². The third kappa shape index (κ3) is 2.80. The van der Waals surface area contributed by atoms with Crippen LogP contribution >= 0.6 is 0 Å². The second kappa shape index (κ2) is 5.59. The van der Waals surface area contributed by atoms with Crippen molar-refractivity contribution in [1.29, 1.82) is 0 Å². The van der Waals surface area contributed by atoms with Crippen molar-refractivity contribution in [3.8, 4) is 11.4 Å². The van der Waals surface area contributed by atoms with Crippen LogP contribution in [-0.4, -0.2) is 32.7 Å². The fourth-order valence-electron chi connectivity index (χ4n) is 2.06. The largest absolute Gasteiger partial charge is 0.341 e. The summed E-state index contributed by atoms with van der Waals surface area (Å²) >= 11 is 0. The Morgan fingerprint density at radius 3 is 2.65 bits per heavy atom. The molecule has 0 aliphatic carbocycles. The van der Waals surface area contributed by atoms with E-state index in [1.54, 1.807) is 6.92 Å². The van der Waals surface area contributed by atoms with Crippen molar-refractivity contribution < 1.29 is 13.6 Å². The number of hydrogen-bond acceptors (Lipinski definition) is 4. The number of fused-ring (bicyclic) bond motifs is 1. The van der Waals surface area contributed by atoms with Gasteiger partial charge in [0.25, 0.3) is 0 Å². The zero-order valence-electron chi connectivity index (χ0n) is 12.3. The SMILES string of the molecule is CNC(=O)Nc1cc2nc(C)nn2c(-c2ccc(F)c(F)c2)n1. The third-order valence-corrected chi connectivity index (χ3v) is 3.08. The Labute approximate surface area is 129 Å². The molecule has 1 aromatic carbocycles. The molecule has 0 bridgehead atoms. The van der Waals surface area contributed by atoms with Crippen molar-refractivity contribution >= 4 is 17.5 Å². The normalized spacial score (nSPS) is 10.8. The van der Waals surface area contributed by atoms with E-state index >= 15 is 0 Å². The number of carbonyl (C=O) groups excluding carboxylic acids is 1. The zero-order chi connectivity index (χ0) is 16.6. The molecular formula is C14H12F2N6O. The lowest BCUT2D eigenvalue weighted by atomic mass is 10.2. The first kappa shape index (κ1) is 14.8. The van der Waals surface area contributed by atoms with Gasteiger partial charge in [0.2, 0.25) is 0 Å². The second-order valence-electron chi connectivity index (χ2n) is 4.73. The smallest absolute Gasteiger partial charge is 0.320 e. The number of rotatable bonds is 2. The van der Waals surface area contributed by atoms with Crippen LogP contribution in [0.5, 0.6) is 0 Å². The van der Waals surface area contributed by atoms with Crippen LogP contribution in [0.3, 0.4) is 0 Å². The highest BCUT2D eigenvalue weighted by Crippen LogP contribution is 2.22. The molecule has 0 aliphatic heterocycles. The second-order valence-corrected chi connectivity index (χ2v) is 4.73. The van der Waals surface area contributed by atoms with Crippen LogP contribution in [0, 0.1) is 18.6 Å². The molecule has 0 spiro atoms. The van der Waals surface area contributed by atoms with Crippen LogP contribution in [0.1, 0.15) is 5.82 Å². The summed E-state index contributed by atoms with van der Waals surface area (Å²) < 4.78 is 28.0. The maximum absolute atomic E-state index is 13.5. The number of hydrogen-bond donors (Lipinski definition) is 2. The molecule has 2 amide bonds. The van der Waals surface area contributed by atoms with Crippen LogP contribution in [0.2, 0.25) is 0 Å². The van der Waals surface area contributed by atoms with E-state index in [0.717, 1.165) is 12.1 Å². The van der Waals surface area contributed by atoms with Gasteiger partial charge in [-0.15, -0.1) is 5.10 Å². The number of urea groups is 1. The van der Waals surface area contributed by atoms with Gasteiger partial charge in [-0.05, 0) is 25.1 Å². The Balaban J connectivity index is 2.20. The maximum Gasteiger partial charge on any atom is 0.320 e. The molecule has 0 fully saturated rings. The van der Waals surface area contributed by atoms with E-state index in [4.69, 9.17) is 0 Å². The lowest BCUT2D eigenvalue weighted by Gasteiger charge is -2.08. The minimum atomic E-state index is -1.00. The molecule has 2 N–H and O–H groups in total. The van der Waals surface area contributed by atoms with Crippen LogP contribution in [-0.2, 0) is 0 Å². The van der Waals surface area contributed by atoms with Crippen LogP contribution in [0.4, 0.5) is 19.4 Å². The van der Waals surface area contributed by atoms with Crippen molar-refractivity contribution in [3.05, 3.63) is 41.7 Å². The van der Waals surface area contributed by atoms with Gasteiger partial charge in [-0.2, -0.15) is 4.52 Å². The number of nitrogens with zero attached hydrogens (tertiary/aromatic N) is 4. The molecule has 7 nitrogen and oxygen atoms in total. The van der Waals surface area contributed by atoms with Crippen LogP contribution in [0.15, 0.2) is 24.3 Å². The summed E-state index contributed by atoms with van der Waals surface area (Å²) in [6.07, 6.45) is 0. The van der Waals surface area contributed by atoms with Gasteiger partial charge in [0.05, 0.1) is 0 Å². The van der Waals surface area contributed by atoms with E-state index in [2.05, 4.69) is 25.7 Å². The molecule has 0 aliphatic rings. The summed E-state index contributed by atoms with van der Waals surface area (Å²) in [6.45, 7) is 1.69. The van der Waals surface area contributed by atoms with E-state index in [-0.39, 0.29) is 11.6 Å². The number of amides is 2. The van der Waals surface area contributed by atoms with E-state index in [1.807, 2.05) is 0 Å². The molecule has 0 saturated carbocycles. The number of carbonyl (C=O) groups is 1. The van der Waals surface area contributed by atoms with E-state index in [1.165, 1.54) is 23.7 Å². The van der Waals surface area contributed by atoms with Crippen molar-refractivity contribution in [1.82, 2.24) is 24.9 Å². The molecule has 0 radical (unpaired) electrons. The Hall–Kier alpha value is -3.10. The average molecular weight is 318 g/mol. The first-order valence-electron chi connectivity index (χ1n) is 6.66. The molecule has 3 rings (SSSR count). The lowest BCUT2D eigenvalue weighted by molar-refractivity contribution is 0.254.